The number of hydrogen-bond donors (Lipinski definition) is 1. The molecule has 90 valence electrons. The van der Waals surface area contributed by atoms with Crippen LogP contribution in [0.4, 0.5) is 0 Å². The van der Waals surface area contributed by atoms with E-state index in [0.717, 1.165) is 25.9 Å². The van der Waals surface area contributed by atoms with Crippen LogP contribution in [0, 0.1) is 0 Å². The molecular formula is C12H25NO2. The highest BCUT2D eigenvalue weighted by molar-refractivity contribution is 4.76. The smallest absolute Gasteiger partial charge is 0.0644 e. The van der Waals surface area contributed by atoms with Gasteiger partial charge in [0.25, 0.3) is 0 Å². The maximum absolute atomic E-state index is 5.90. The number of rotatable bonds is 5. The van der Waals surface area contributed by atoms with Gasteiger partial charge in [0.05, 0.1) is 11.7 Å². The molecule has 1 saturated carbocycles. The Kier molecular flexibility index (Phi) is 5.03. The third-order valence-electron chi connectivity index (χ3n) is 3.28. The summed E-state index contributed by atoms with van der Waals surface area (Å²) in [5.74, 6) is 0. The lowest BCUT2D eigenvalue weighted by Crippen LogP contribution is -2.33. The predicted molar refractivity (Wildman–Crippen MR) is 61.9 cm³/mol. The summed E-state index contributed by atoms with van der Waals surface area (Å²) in [5, 5.41) is 0. The van der Waals surface area contributed by atoms with E-state index in [1.165, 1.54) is 12.8 Å². The van der Waals surface area contributed by atoms with Crippen LogP contribution in [0.3, 0.4) is 0 Å². The van der Waals surface area contributed by atoms with Crippen molar-refractivity contribution in [2.24, 2.45) is 5.73 Å². The molecule has 0 aromatic carbocycles. The zero-order valence-corrected chi connectivity index (χ0v) is 10.3. The highest BCUT2D eigenvalue weighted by Gasteiger charge is 2.21. The molecule has 3 nitrogen and oxygen atoms in total. The molecule has 0 radical (unpaired) electrons. The summed E-state index contributed by atoms with van der Waals surface area (Å²) < 4.78 is 11.2. The van der Waals surface area contributed by atoms with Gasteiger partial charge in [-0.3, -0.25) is 0 Å². The van der Waals surface area contributed by atoms with Crippen LogP contribution in [-0.2, 0) is 9.47 Å². The van der Waals surface area contributed by atoms with Gasteiger partial charge in [-0.25, -0.2) is 0 Å². The molecule has 0 aliphatic heterocycles. The number of nitrogens with two attached hydrogens (primary N) is 1. The van der Waals surface area contributed by atoms with Crippen molar-refractivity contribution in [2.45, 2.75) is 63.7 Å². The Bertz CT molecular complexity index is 182. The highest BCUT2D eigenvalue weighted by Crippen LogP contribution is 2.21. The Balaban J connectivity index is 2.14. The average molecular weight is 215 g/mol. The fraction of sp³-hybridized carbons (Fsp3) is 1.00. The molecule has 0 amide bonds. The third-order valence-corrected chi connectivity index (χ3v) is 3.28. The summed E-state index contributed by atoms with van der Waals surface area (Å²) in [6, 6.07) is 0.346. The Morgan fingerprint density at radius 1 is 1.33 bits per heavy atom. The molecule has 1 aliphatic rings. The summed E-state index contributed by atoms with van der Waals surface area (Å²) in [6.07, 6.45) is 5.87. The number of hydrogen-bond acceptors (Lipinski definition) is 3. The summed E-state index contributed by atoms with van der Waals surface area (Å²) in [5.41, 5.74) is 5.83. The second kappa shape index (κ2) is 5.83. The molecule has 2 atom stereocenters. The lowest BCUT2D eigenvalue weighted by molar-refractivity contribution is -0.0355. The van der Waals surface area contributed by atoms with Gasteiger partial charge in [0.2, 0.25) is 0 Å². The van der Waals surface area contributed by atoms with Crippen LogP contribution < -0.4 is 5.73 Å². The van der Waals surface area contributed by atoms with Crippen molar-refractivity contribution >= 4 is 0 Å². The first-order valence-corrected chi connectivity index (χ1v) is 5.96. The molecule has 1 rings (SSSR count). The van der Waals surface area contributed by atoms with Crippen LogP contribution in [0.25, 0.3) is 0 Å². The maximum Gasteiger partial charge on any atom is 0.0644 e. The predicted octanol–water partition coefficient (Wildman–Crippen LogP) is 2.09. The zero-order chi connectivity index (χ0) is 11.3. The molecule has 1 aliphatic carbocycles. The van der Waals surface area contributed by atoms with Crippen molar-refractivity contribution in [3.05, 3.63) is 0 Å². The largest absolute Gasteiger partial charge is 0.379 e. The average Bonchev–Trinajstić information content (AvgIpc) is 2.18. The maximum atomic E-state index is 5.90. The van der Waals surface area contributed by atoms with Crippen LogP contribution in [0.5, 0.6) is 0 Å². The van der Waals surface area contributed by atoms with Crippen LogP contribution in [0.15, 0.2) is 0 Å². The van der Waals surface area contributed by atoms with Gasteiger partial charge in [-0.05, 0) is 46.0 Å². The molecule has 2 N–H and O–H groups in total. The molecule has 1 fully saturated rings. The van der Waals surface area contributed by atoms with E-state index in [2.05, 4.69) is 13.8 Å². The van der Waals surface area contributed by atoms with Gasteiger partial charge in [0.15, 0.2) is 0 Å². The number of methoxy groups -OCH3 is 1. The molecule has 0 spiro atoms. The van der Waals surface area contributed by atoms with Crippen LogP contribution in [0.1, 0.15) is 46.0 Å². The van der Waals surface area contributed by atoms with Gasteiger partial charge in [0, 0.05) is 19.8 Å². The second-order valence-corrected chi connectivity index (χ2v) is 5.13. The molecule has 15 heavy (non-hydrogen) atoms. The summed E-state index contributed by atoms with van der Waals surface area (Å²) >= 11 is 0. The van der Waals surface area contributed by atoms with E-state index >= 15 is 0 Å². The Morgan fingerprint density at radius 3 is 2.67 bits per heavy atom. The lowest BCUT2D eigenvalue weighted by Gasteiger charge is -2.28. The molecular weight excluding hydrogens is 190 g/mol. The third kappa shape index (κ3) is 4.96. The van der Waals surface area contributed by atoms with E-state index in [4.69, 9.17) is 15.2 Å². The van der Waals surface area contributed by atoms with E-state index in [0.29, 0.717) is 12.1 Å². The lowest BCUT2D eigenvalue weighted by atomic mass is 9.93. The second-order valence-electron chi connectivity index (χ2n) is 5.13. The van der Waals surface area contributed by atoms with Gasteiger partial charge in [-0.1, -0.05) is 0 Å². The normalized spacial score (nSPS) is 28.0. The first kappa shape index (κ1) is 12.9. The van der Waals surface area contributed by atoms with Crippen LogP contribution in [-0.4, -0.2) is 31.5 Å². The van der Waals surface area contributed by atoms with E-state index in [1.54, 1.807) is 7.11 Å². The first-order chi connectivity index (χ1) is 7.03. The van der Waals surface area contributed by atoms with Gasteiger partial charge >= 0.3 is 0 Å². The minimum absolute atomic E-state index is 0.0726. The van der Waals surface area contributed by atoms with Crippen molar-refractivity contribution in [1.29, 1.82) is 0 Å². The van der Waals surface area contributed by atoms with Gasteiger partial charge < -0.3 is 15.2 Å². The highest BCUT2D eigenvalue weighted by atomic mass is 16.5. The van der Waals surface area contributed by atoms with Crippen LogP contribution >= 0.6 is 0 Å². The van der Waals surface area contributed by atoms with Crippen molar-refractivity contribution < 1.29 is 9.47 Å². The molecule has 3 heteroatoms. The fourth-order valence-electron chi connectivity index (χ4n) is 1.91. The molecule has 0 saturated heterocycles. The summed E-state index contributed by atoms with van der Waals surface area (Å²) in [7, 11) is 1.75. The summed E-state index contributed by atoms with van der Waals surface area (Å²) in [4.78, 5) is 0. The molecule has 0 heterocycles. The standard InChI is InChI=1S/C12H25NO2/c1-12(2,14-3)7-8-15-11-6-4-5-10(13)9-11/h10-11H,4-9,13H2,1-3H3. The Hall–Kier alpha value is -0.120. The van der Waals surface area contributed by atoms with Crippen molar-refractivity contribution in [3.63, 3.8) is 0 Å². The Morgan fingerprint density at radius 2 is 2.07 bits per heavy atom. The van der Waals surface area contributed by atoms with E-state index in [1.807, 2.05) is 0 Å². The van der Waals surface area contributed by atoms with Crippen molar-refractivity contribution in [3.8, 4) is 0 Å². The summed E-state index contributed by atoms with van der Waals surface area (Å²) in [6.45, 7) is 4.95. The molecule has 2 unspecified atom stereocenters. The first-order valence-electron chi connectivity index (χ1n) is 5.96. The molecule has 0 bridgehead atoms. The van der Waals surface area contributed by atoms with E-state index in [-0.39, 0.29) is 5.60 Å². The minimum atomic E-state index is -0.0726. The SMILES string of the molecule is COC(C)(C)CCOC1CCCC(N)C1. The van der Waals surface area contributed by atoms with Crippen molar-refractivity contribution in [2.75, 3.05) is 13.7 Å². The molecule has 0 aromatic heterocycles. The fourth-order valence-corrected chi connectivity index (χ4v) is 1.91. The quantitative estimate of drug-likeness (QED) is 0.763. The van der Waals surface area contributed by atoms with Gasteiger partial charge in [-0.15, -0.1) is 0 Å². The molecule has 0 aromatic rings. The van der Waals surface area contributed by atoms with Crippen molar-refractivity contribution in [1.82, 2.24) is 0 Å². The van der Waals surface area contributed by atoms with Crippen LogP contribution in [0.2, 0.25) is 0 Å². The monoisotopic (exact) mass is 215 g/mol. The van der Waals surface area contributed by atoms with Gasteiger partial charge in [-0.2, -0.15) is 0 Å². The number of ether oxygens (including phenoxy) is 2. The Labute approximate surface area is 93.3 Å². The van der Waals surface area contributed by atoms with Gasteiger partial charge in [0.1, 0.15) is 0 Å². The topological polar surface area (TPSA) is 44.5 Å². The minimum Gasteiger partial charge on any atom is -0.379 e. The van der Waals surface area contributed by atoms with E-state index in [9.17, 15) is 0 Å². The van der Waals surface area contributed by atoms with E-state index < -0.39 is 0 Å². The zero-order valence-electron chi connectivity index (χ0n) is 10.3.